The van der Waals surface area contributed by atoms with Gasteiger partial charge in [-0.1, -0.05) is 39.1 Å². The molecule has 1 fully saturated rings. The van der Waals surface area contributed by atoms with E-state index in [9.17, 15) is 20.0 Å². The maximum atomic E-state index is 12.8. The van der Waals surface area contributed by atoms with E-state index in [-0.39, 0.29) is 22.2 Å². The SMILES string of the molecule is N#CC1(NC(=O)[C@H](Cc2cc(Cl)c(O)c(Cl)c2)NC(=O)c2ccc(Br)cc2)CC1. The highest BCUT2D eigenvalue weighted by Gasteiger charge is 2.45. The summed E-state index contributed by atoms with van der Waals surface area (Å²) in [5.41, 5.74) is 0.0621. The lowest BCUT2D eigenvalue weighted by atomic mass is 10.0. The number of nitrogens with zero attached hydrogens (tertiary/aromatic N) is 1. The van der Waals surface area contributed by atoms with Crippen LogP contribution in [0.15, 0.2) is 40.9 Å². The average molecular weight is 497 g/mol. The van der Waals surface area contributed by atoms with Crippen molar-refractivity contribution in [3.05, 3.63) is 62.0 Å². The topological polar surface area (TPSA) is 102 Å². The summed E-state index contributed by atoms with van der Waals surface area (Å²) in [4.78, 5) is 25.5. The zero-order chi connectivity index (χ0) is 21.2. The highest BCUT2D eigenvalue weighted by atomic mass is 79.9. The van der Waals surface area contributed by atoms with Crippen molar-refractivity contribution >= 4 is 50.9 Å². The van der Waals surface area contributed by atoms with Crippen LogP contribution in [0.1, 0.15) is 28.8 Å². The van der Waals surface area contributed by atoms with Gasteiger partial charge in [0.05, 0.1) is 16.1 Å². The lowest BCUT2D eigenvalue weighted by Crippen LogP contribution is -2.51. The number of rotatable bonds is 6. The number of aromatic hydroxyl groups is 1. The van der Waals surface area contributed by atoms with Crippen LogP contribution in [0.5, 0.6) is 5.75 Å². The third-order valence-electron chi connectivity index (χ3n) is 4.57. The Morgan fingerprint density at radius 1 is 1.21 bits per heavy atom. The second kappa shape index (κ2) is 8.62. The van der Waals surface area contributed by atoms with Crippen LogP contribution >= 0.6 is 39.1 Å². The molecule has 1 aliphatic carbocycles. The number of phenols is 1. The van der Waals surface area contributed by atoms with Gasteiger partial charge in [0.1, 0.15) is 11.6 Å². The highest BCUT2D eigenvalue weighted by molar-refractivity contribution is 9.10. The second-order valence-electron chi connectivity index (χ2n) is 6.83. The van der Waals surface area contributed by atoms with Crippen molar-refractivity contribution in [1.82, 2.24) is 10.6 Å². The molecule has 0 heterocycles. The van der Waals surface area contributed by atoms with Gasteiger partial charge in [-0.05, 0) is 54.8 Å². The fourth-order valence-corrected chi connectivity index (χ4v) is 3.53. The zero-order valence-corrected chi connectivity index (χ0v) is 18.1. The van der Waals surface area contributed by atoms with Gasteiger partial charge in [0.2, 0.25) is 5.91 Å². The highest BCUT2D eigenvalue weighted by Crippen LogP contribution is 2.35. The first-order chi connectivity index (χ1) is 13.7. The van der Waals surface area contributed by atoms with Gasteiger partial charge in [0.15, 0.2) is 5.75 Å². The van der Waals surface area contributed by atoms with E-state index in [4.69, 9.17) is 23.2 Å². The van der Waals surface area contributed by atoms with E-state index in [1.807, 2.05) is 0 Å². The lowest BCUT2D eigenvalue weighted by Gasteiger charge is -2.21. The Hall–Kier alpha value is -2.27. The molecule has 0 aliphatic heterocycles. The Balaban J connectivity index is 1.83. The molecule has 0 bridgehead atoms. The van der Waals surface area contributed by atoms with Crippen LogP contribution in [0.2, 0.25) is 10.0 Å². The third-order valence-corrected chi connectivity index (χ3v) is 5.68. The molecule has 1 aliphatic rings. The molecule has 3 rings (SSSR count). The van der Waals surface area contributed by atoms with E-state index in [2.05, 4.69) is 32.6 Å². The molecule has 0 unspecified atom stereocenters. The smallest absolute Gasteiger partial charge is 0.251 e. The molecule has 6 nitrogen and oxygen atoms in total. The van der Waals surface area contributed by atoms with Gasteiger partial charge >= 0.3 is 0 Å². The fourth-order valence-electron chi connectivity index (χ4n) is 2.74. The predicted molar refractivity (Wildman–Crippen MR) is 113 cm³/mol. The molecule has 1 saturated carbocycles. The number of amides is 2. The van der Waals surface area contributed by atoms with Crippen molar-refractivity contribution in [2.24, 2.45) is 0 Å². The number of phenolic OH excluding ortho intramolecular Hbond substituents is 1. The molecular weight excluding hydrogens is 481 g/mol. The average Bonchev–Trinajstić information content (AvgIpc) is 3.46. The van der Waals surface area contributed by atoms with Crippen molar-refractivity contribution in [3.8, 4) is 11.8 Å². The molecular formula is C20H16BrCl2N3O3. The Labute approximate surface area is 185 Å². The zero-order valence-electron chi connectivity index (χ0n) is 15.0. The van der Waals surface area contributed by atoms with Crippen LogP contribution in [0.25, 0.3) is 0 Å². The number of halogens is 3. The molecule has 150 valence electrons. The minimum Gasteiger partial charge on any atom is -0.505 e. The number of nitrogens with one attached hydrogen (secondary N) is 2. The van der Waals surface area contributed by atoms with Gasteiger partial charge in [-0.15, -0.1) is 0 Å². The summed E-state index contributed by atoms with van der Waals surface area (Å²) in [6, 6.07) is 10.8. The molecule has 1 atom stereocenters. The number of hydrogen-bond acceptors (Lipinski definition) is 4. The first kappa shape index (κ1) is 21.4. The van der Waals surface area contributed by atoms with Gasteiger partial charge in [-0.2, -0.15) is 5.26 Å². The van der Waals surface area contributed by atoms with Crippen molar-refractivity contribution in [3.63, 3.8) is 0 Å². The van der Waals surface area contributed by atoms with E-state index in [0.717, 1.165) is 4.47 Å². The number of hydrogen-bond donors (Lipinski definition) is 3. The van der Waals surface area contributed by atoms with E-state index in [1.165, 1.54) is 12.1 Å². The number of benzene rings is 2. The van der Waals surface area contributed by atoms with Crippen LogP contribution in [0.4, 0.5) is 0 Å². The van der Waals surface area contributed by atoms with Crippen LogP contribution in [0.3, 0.4) is 0 Å². The van der Waals surface area contributed by atoms with Crippen LogP contribution in [0, 0.1) is 11.3 Å². The summed E-state index contributed by atoms with van der Waals surface area (Å²) in [6.07, 6.45) is 1.22. The third kappa shape index (κ3) is 5.21. The Morgan fingerprint density at radius 2 is 1.79 bits per heavy atom. The predicted octanol–water partition coefficient (Wildman–Crippen LogP) is 3.97. The van der Waals surface area contributed by atoms with Crippen molar-refractivity contribution in [2.75, 3.05) is 0 Å². The Bertz CT molecular complexity index is 978. The molecule has 3 N–H and O–H groups in total. The molecule has 2 aromatic rings. The van der Waals surface area contributed by atoms with Crippen molar-refractivity contribution < 1.29 is 14.7 Å². The quantitative estimate of drug-likeness (QED) is 0.562. The molecule has 29 heavy (non-hydrogen) atoms. The maximum absolute atomic E-state index is 12.8. The van der Waals surface area contributed by atoms with Gasteiger partial charge in [-0.3, -0.25) is 9.59 Å². The largest absolute Gasteiger partial charge is 0.505 e. The Kier molecular flexibility index (Phi) is 6.37. The van der Waals surface area contributed by atoms with Crippen molar-refractivity contribution in [1.29, 1.82) is 5.26 Å². The van der Waals surface area contributed by atoms with Crippen LogP contribution in [-0.2, 0) is 11.2 Å². The second-order valence-corrected chi connectivity index (χ2v) is 8.56. The normalized spacial score (nSPS) is 15.1. The summed E-state index contributed by atoms with van der Waals surface area (Å²) in [5, 5.41) is 24.5. The molecule has 0 aromatic heterocycles. The number of carbonyl (C=O) groups is 2. The first-order valence-corrected chi connectivity index (χ1v) is 10.2. The maximum Gasteiger partial charge on any atom is 0.251 e. The van der Waals surface area contributed by atoms with E-state index in [1.54, 1.807) is 24.3 Å². The van der Waals surface area contributed by atoms with Crippen LogP contribution in [-0.4, -0.2) is 28.5 Å². The summed E-state index contributed by atoms with van der Waals surface area (Å²) < 4.78 is 0.821. The molecule has 2 aromatic carbocycles. The van der Waals surface area contributed by atoms with E-state index < -0.39 is 23.4 Å². The minimum atomic E-state index is -0.964. The number of carbonyl (C=O) groups excluding carboxylic acids is 2. The van der Waals surface area contributed by atoms with Crippen molar-refractivity contribution in [2.45, 2.75) is 30.8 Å². The fraction of sp³-hybridized carbons (Fsp3) is 0.250. The Morgan fingerprint density at radius 3 is 2.31 bits per heavy atom. The monoisotopic (exact) mass is 495 g/mol. The standard InChI is InChI=1S/C20H16BrCl2N3O3/c21-13-3-1-12(2-4-13)18(28)25-16(19(29)26-20(10-24)5-6-20)9-11-7-14(22)17(27)15(23)8-11/h1-4,7-8,16,27H,5-6,9H2,(H,25,28)(H,26,29)/t16-/m0/s1. The van der Waals surface area contributed by atoms with Gasteiger partial charge < -0.3 is 15.7 Å². The lowest BCUT2D eigenvalue weighted by molar-refractivity contribution is -0.123. The van der Waals surface area contributed by atoms with Gasteiger partial charge in [0, 0.05) is 16.5 Å². The summed E-state index contributed by atoms with van der Waals surface area (Å²) in [5.74, 6) is -1.16. The molecule has 9 heteroatoms. The summed E-state index contributed by atoms with van der Waals surface area (Å²) in [7, 11) is 0. The van der Waals surface area contributed by atoms with Crippen LogP contribution < -0.4 is 10.6 Å². The van der Waals surface area contributed by atoms with Gasteiger partial charge in [0.25, 0.3) is 5.91 Å². The van der Waals surface area contributed by atoms with E-state index >= 15 is 0 Å². The number of nitriles is 1. The molecule has 0 saturated heterocycles. The first-order valence-electron chi connectivity index (χ1n) is 8.69. The molecule has 2 amide bonds. The molecule has 0 spiro atoms. The molecule has 0 radical (unpaired) electrons. The minimum absolute atomic E-state index is 0.0431. The van der Waals surface area contributed by atoms with E-state index in [0.29, 0.717) is 24.0 Å². The summed E-state index contributed by atoms with van der Waals surface area (Å²) in [6.45, 7) is 0. The van der Waals surface area contributed by atoms with Gasteiger partial charge in [-0.25, -0.2) is 0 Å². The summed E-state index contributed by atoms with van der Waals surface area (Å²) >= 11 is 15.2.